The van der Waals surface area contributed by atoms with Gasteiger partial charge < -0.3 is 10.1 Å². The van der Waals surface area contributed by atoms with Gasteiger partial charge in [0.2, 0.25) is 0 Å². The van der Waals surface area contributed by atoms with E-state index in [1.54, 1.807) is 6.07 Å². The summed E-state index contributed by atoms with van der Waals surface area (Å²) in [7, 11) is 1.49. The number of nitrogens with one attached hydrogen (secondary N) is 1. The Morgan fingerprint density at radius 1 is 1.19 bits per heavy atom. The van der Waals surface area contributed by atoms with Crippen LogP contribution in [0.25, 0.3) is 0 Å². The molecule has 0 aliphatic carbocycles. The Morgan fingerprint density at radius 3 is 2.67 bits per heavy atom. The van der Waals surface area contributed by atoms with Gasteiger partial charge in [-0.2, -0.15) is 0 Å². The number of aryl methyl sites for hydroxylation is 1. The SMILES string of the molecule is CCNC(Cc1cccc(C)c1)c1ccc(F)c(OC)c1. The van der Waals surface area contributed by atoms with Gasteiger partial charge in [-0.05, 0) is 43.1 Å². The summed E-state index contributed by atoms with van der Waals surface area (Å²) in [6.07, 6.45) is 0.865. The third-order valence-electron chi connectivity index (χ3n) is 3.55. The van der Waals surface area contributed by atoms with Crippen LogP contribution >= 0.6 is 0 Å². The van der Waals surface area contributed by atoms with Crippen LogP contribution in [0.4, 0.5) is 4.39 Å². The molecule has 2 aromatic carbocycles. The first kappa shape index (κ1) is 15.5. The molecule has 0 spiro atoms. The Hall–Kier alpha value is -1.87. The molecule has 3 heteroatoms. The van der Waals surface area contributed by atoms with E-state index in [2.05, 4.69) is 43.4 Å². The second-order valence-electron chi connectivity index (χ2n) is 5.20. The van der Waals surface area contributed by atoms with Gasteiger partial charge in [0.05, 0.1) is 7.11 Å². The lowest BCUT2D eigenvalue weighted by molar-refractivity contribution is 0.384. The zero-order valence-electron chi connectivity index (χ0n) is 12.8. The van der Waals surface area contributed by atoms with Crippen LogP contribution in [0.5, 0.6) is 5.75 Å². The van der Waals surface area contributed by atoms with Gasteiger partial charge in [-0.25, -0.2) is 4.39 Å². The molecule has 0 saturated carbocycles. The van der Waals surface area contributed by atoms with E-state index in [9.17, 15) is 4.39 Å². The predicted octanol–water partition coefficient (Wildman–Crippen LogP) is 4.04. The van der Waals surface area contributed by atoms with Gasteiger partial charge in [0.25, 0.3) is 0 Å². The molecule has 0 aromatic heterocycles. The molecule has 0 fully saturated rings. The third kappa shape index (κ3) is 4.05. The smallest absolute Gasteiger partial charge is 0.165 e. The quantitative estimate of drug-likeness (QED) is 0.866. The fourth-order valence-electron chi connectivity index (χ4n) is 2.52. The molecular formula is C18H22FNO. The second kappa shape index (κ2) is 7.23. The molecule has 0 heterocycles. The van der Waals surface area contributed by atoms with Gasteiger partial charge in [0.1, 0.15) is 0 Å². The molecule has 1 unspecified atom stereocenters. The summed E-state index contributed by atoms with van der Waals surface area (Å²) in [5.41, 5.74) is 3.56. The molecule has 2 nitrogen and oxygen atoms in total. The maximum atomic E-state index is 13.6. The zero-order chi connectivity index (χ0) is 15.2. The van der Waals surface area contributed by atoms with E-state index in [1.165, 1.54) is 24.3 Å². The van der Waals surface area contributed by atoms with Crippen molar-refractivity contribution in [1.82, 2.24) is 5.32 Å². The molecule has 1 atom stereocenters. The maximum absolute atomic E-state index is 13.6. The number of likely N-dealkylation sites (N-methyl/N-ethyl adjacent to an activating group) is 1. The minimum absolute atomic E-state index is 0.145. The molecule has 2 rings (SSSR count). The van der Waals surface area contributed by atoms with Crippen molar-refractivity contribution in [2.24, 2.45) is 0 Å². The van der Waals surface area contributed by atoms with Crippen LogP contribution in [0.3, 0.4) is 0 Å². The van der Waals surface area contributed by atoms with Crippen molar-refractivity contribution < 1.29 is 9.13 Å². The summed E-state index contributed by atoms with van der Waals surface area (Å²) in [5, 5.41) is 3.46. The number of ether oxygens (including phenoxy) is 1. The van der Waals surface area contributed by atoms with Crippen LogP contribution < -0.4 is 10.1 Å². The van der Waals surface area contributed by atoms with Crippen molar-refractivity contribution in [1.29, 1.82) is 0 Å². The van der Waals surface area contributed by atoms with E-state index < -0.39 is 0 Å². The van der Waals surface area contributed by atoms with Crippen molar-refractivity contribution >= 4 is 0 Å². The topological polar surface area (TPSA) is 21.3 Å². The minimum atomic E-state index is -0.327. The van der Waals surface area contributed by atoms with Gasteiger partial charge >= 0.3 is 0 Å². The summed E-state index contributed by atoms with van der Waals surface area (Å²) in [4.78, 5) is 0. The van der Waals surface area contributed by atoms with Crippen molar-refractivity contribution in [2.45, 2.75) is 26.3 Å². The molecule has 0 aliphatic heterocycles. The van der Waals surface area contributed by atoms with E-state index in [1.807, 2.05) is 6.07 Å². The van der Waals surface area contributed by atoms with Gasteiger partial charge in [0, 0.05) is 6.04 Å². The molecule has 0 amide bonds. The molecule has 2 aromatic rings. The lowest BCUT2D eigenvalue weighted by atomic mass is 9.97. The first-order chi connectivity index (χ1) is 10.1. The van der Waals surface area contributed by atoms with Crippen LogP contribution in [-0.2, 0) is 6.42 Å². The number of benzene rings is 2. The highest BCUT2D eigenvalue weighted by Crippen LogP contribution is 2.25. The molecule has 0 saturated heterocycles. The molecular weight excluding hydrogens is 265 g/mol. The molecule has 112 valence electrons. The highest BCUT2D eigenvalue weighted by atomic mass is 19.1. The zero-order valence-corrected chi connectivity index (χ0v) is 12.8. The van der Waals surface area contributed by atoms with E-state index in [0.717, 1.165) is 18.5 Å². The van der Waals surface area contributed by atoms with Crippen LogP contribution in [0.1, 0.15) is 29.7 Å². The normalized spacial score (nSPS) is 12.2. The number of hydrogen-bond acceptors (Lipinski definition) is 2. The third-order valence-corrected chi connectivity index (χ3v) is 3.55. The van der Waals surface area contributed by atoms with E-state index >= 15 is 0 Å². The molecule has 0 radical (unpaired) electrons. The summed E-state index contributed by atoms with van der Waals surface area (Å²) < 4.78 is 18.6. The minimum Gasteiger partial charge on any atom is -0.494 e. The Labute approximate surface area is 126 Å². The highest BCUT2D eigenvalue weighted by molar-refractivity contribution is 5.33. The average molecular weight is 287 g/mol. The van der Waals surface area contributed by atoms with Crippen molar-refractivity contribution in [2.75, 3.05) is 13.7 Å². The Balaban J connectivity index is 2.26. The maximum Gasteiger partial charge on any atom is 0.165 e. The van der Waals surface area contributed by atoms with Crippen LogP contribution in [0.2, 0.25) is 0 Å². The Bertz CT molecular complexity index is 598. The van der Waals surface area contributed by atoms with Crippen molar-refractivity contribution in [3.05, 3.63) is 65.0 Å². The lowest BCUT2D eigenvalue weighted by Crippen LogP contribution is -2.23. The summed E-state index contributed by atoms with van der Waals surface area (Å²) in [6, 6.07) is 13.7. The van der Waals surface area contributed by atoms with Gasteiger partial charge in [0.15, 0.2) is 11.6 Å². The van der Waals surface area contributed by atoms with E-state index in [4.69, 9.17) is 4.74 Å². The number of rotatable bonds is 6. The number of hydrogen-bond donors (Lipinski definition) is 1. The number of methoxy groups -OCH3 is 1. The lowest BCUT2D eigenvalue weighted by Gasteiger charge is -2.19. The monoisotopic (exact) mass is 287 g/mol. The van der Waals surface area contributed by atoms with Crippen LogP contribution in [-0.4, -0.2) is 13.7 Å². The molecule has 1 N–H and O–H groups in total. The number of halogens is 1. The van der Waals surface area contributed by atoms with Crippen molar-refractivity contribution in [3.8, 4) is 5.75 Å². The average Bonchev–Trinajstić information content (AvgIpc) is 2.47. The fraction of sp³-hybridized carbons (Fsp3) is 0.333. The molecule has 0 aliphatic rings. The van der Waals surface area contributed by atoms with Gasteiger partial charge in [-0.15, -0.1) is 0 Å². The Morgan fingerprint density at radius 2 is 2.00 bits per heavy atom. The van der Waals surface area contributed by atoms with Crippen molar-refractivity contribution in [3.63, 3.8) is 0 Å². The standard InChI is InChI=1S/C18H22FNO/c1-4-20-17(11-14-7-5-6-13(2)10-14)15-8-9-16(19)18(12-15)21-3/h5-10,12,17,20H,4,11H2,1-3H3. The van der Waals surface area contributed by atoms with E-state index in [-0.39, 0.29) is 11.9 Å². The summed E-state index contributed by atoms with van der Waals surface area (Å²) >= 11 is 0. The highest BCUT2D eigenvalue weighted by Gasteiger charge is 2.14. The van der Waals surface area contributed by atoms with Crippen LogP contribution in [0.15, 0.2) is 42.5 Å². The second-order valence-corrected chi connectivity index (χ2v) is 5.20. The Kier molecular flexibility index (Phi) is 5.34. The summed E-state index contributed by atoms with van der Waals surface area (Å²) in [5.74, 6) is -0.0355. The van der Waals surface area contributed by atoms with Gasteiger partial charge in [-0.3, -0.25) is 0 Å². The first-order valence-corrected chi connectivity index (χ1v) is 7.26. The molecule has 21 heavy (non-hydrogen) atoms. The van der Waals surface area contributed by atoms with E-state index in [0.29, 0.717) is 5.75 Å². The summed E-state index contributed by atoms with van der Waals surface area (Å²) in [6.45, 7) is 5.02. The first-order valence-electron chi connectivity index (χ1n) is 7.26. The largest absolute Gasteiger partial charge is 0.494 e. The molecule has 0 bridgehead atoms. The fourth-order valence-corrected chi connectivity index (χ4v) is 2.52. The van der Waals surface area contributed by atoms with Gasteiger partial charge in [-0.1, -0.05) is 42.8 Å². The van der Waals surface area contributed by atoms with Crippen LogP contribution in [0, 0.1) is 12.7 Å². The predicted molar refractivity (Wildman–Crippen MR) is 84.3 cm³/mol.